The highest BCUT2D eigenvalue weighted by molar-refractivity contribution is 6.00. The highest BCUT2D eigenvalue weighted by atomic mass is 16.6. The van der Waals surface area contributed by atoms with Crippen LogP contribution in [0.1, 0.15) is 36.7 Å². The molecule has 2 aromatic carbocycles. The summed E-state index contributed by atoms with van der Waals surface area (Å²) in [6.07, 6.45) is -0.535. The summed E-state index contributed by atoms with van der Waals surface area (Å²) in [5, 5.41) is 12.2. The third-order valence-electron chi connectivity index (χ3n) is 4.75. The van der Waals surface area contributed by atoms with Crippen LogP contribution in [0.2, 0.25) is 0 Å². The van der Waals surface area contributed by atoms with Gasteiger partial charge in [-0.1, -0.05) is 6.07 Å². The zero-order valence-electron chi connectivity index (χ0n) is 20.1. The maximum atomic E-state index is 12.1. The van der Waals surface area contributed by atoms with Gasteiger partial charge in [0, 0.05) is 44.1 Å². The van der Waals surface area contributed by atoms with Gasteiger partial charge in [-0.25, -0.2) is 9.59 Å². The van der Waals surface area contributed by atoms with Crippen LogP contribution in [0.4, 0.5) is 21.9 Å². The van der Waals surface area contributed by atoms with E-state index in [4.69, 9.17) is 9.47 Å². The van der Waals surface area contributed by atoms with Gasteiger partial charge in [0.05, 0.1) is 24.8 Å². The third-order valence-corrected chi connectivity index (χ3v) is 4.75. The highest BCUT2D eigenvalue weighted by Gasteiger charge is 2.20. The Morgan fingerprint density at radius 3 is 2.15 bits per heavy atom. The number of rotatable bonds is 7. The number of nitrogens with one attached hydrogen (secondary N) is 1. The van der Waals surface area contributed by atoms with E-state index in [2.05, 4.69) is 5.32 Å². The molecule has 2 aromatic rings. The molecule has 33 heavy (non-hydrogen) atoms. The number of anilines is 3. The molecule has 0 saturated heterocycles. The number of amides is 2. The predicted molar refractivity (Wildman–Crippen MR) is 127 cm³/mol. The van der Waals surface area contributed by atoms with Gasteiger partial charge in [-0.3, -0.25) is 10.1 Å². The van der Waals surface area contributed by atoms with Crippen LogP contribution in [0, 0.1) is 0 Å². The van der Waals surface area contributed by atoms with Gasteiger partial charge in [0.25, 0.3) is 0 Å². The van der Waals surface area contributed by atoms with E-state index >= 15 is 0 Å². The Morgan fingerprint density at radius 1 is 1.00 bits per heavy atom. The Bertz CT molecular complexity index is 1040. The molecule has 0 unspecified atom stereocenters. The molecule has 0 spiro atoms. The summed E-state index contributed by atoms with van der Waals surface area (Å²) in [5.74, 6) is -0.684. The molecular weight excluding hydrogens is 426 g/mol. The molecule has 0 fully saturated rings. The molecule has 0 aliphatic rings. The molecule has 0 aliphatic carbocycles. The van der Waals surface area contributed by atoms with Gasteiger partial charge in [-0.2, -0.15) is 0 Å². The summed E-state index contributed by atoms with van der Waals surface area (Å²) in [4.78, 5) is 39.3. The van der Waals surface area contributed by atoms with Gasteiger partial charge in [-0.15, -0.1) is 0 Å². The van der Waals surface area contributed by atoms with Crippen LogP contribution in [-0.2, 0) is 16.0 Å². The second-order valence-corrected chi connectivity index (χ2v) is 8.68. The first-order valence-corrected chi connectivity index (χ1v) is 10.3. The number of hydrogen-bond acceptors (Lipinski definition) is 6. The van der Waals surface area contributed by atoms with Crippen molar-refractivity contribution in [1.29, 1.82) is 0 Å². The number of carbonyl (C=O) groups is 3. The van der Waals surface area contributed by atoms with Gasteiger partial charge >= 0.3 is 12.1 Å². The lowest BCUT2D eigenvalue weighted by Crippen LogP contribution is -2.27. The Morgan fingerprint density at radius 2 is 1.61 bits per heavy atom. The van der Waals surface area contributed by atoms with Crippen molar-refractivity contribution in [3.05, 3.63) is 47.5 Å². The molecule has 9 nitrogen and oxygen atoms in total. The van der Waals surface area contributed by atoms with E-state index in [1.54, 1.807) is 58.9 Å². The summed E-state index contributed by atoms with van der Waals surface area (Å²) < 4.78 is 10.7. The van der Waals surface area contributed by atoms with E-state index in [0.29, 0.717) is 11.4 Å². The van der Waals surface area contributed by atoms with Crippen molar-refractivity contribution in [2.75, 3.05) is 38.5 Å². The number of methoxy groups -OCH3 is 1. The monoisotopic (exact) mass is 457 g/mol. The fourth-order valence-corrected chi connectivity index (χ4v) is 3.00. The Labute approximate surface area is 193 Å². The zero-order chi connectivity index (χ0) is 24.9. The molecule has 0 saturated carbocycles. The number of benzene rings is 2. The zero-order valence-corrected chi connectivity index (χ0v) is 20.1. The minimum Gasteiger partial charge on any atom is -0.496 e. The van der Waals surface area contributed by atoms with Crippen LogP contribution in [0.25, 0.3) is 0 Å². The summed E-state index contributed by atoms with van der Waals surface area (Å²) in [5.41, 5.74) is 1.40. The minimum atomic E-state index is -1.19. The number of carboxylic acid groups (broad SMARTS) is 1. The SMILES string of the molecule is COc1cc(N(C)c2ccc(NC(=O)OC(C)(C)C)c(C(=O)O)c2)ccc1CC(=O)N(C)C. The lowest BCUT2D eigenvalue weighted by atomic mass is 10.1. The second kappa shape index (κ2) is 10.2. The van der Waals surface area contributed by atoms with E-state index in [1.165, 1.54) is 24.1 Å². The Balaban J connectivity index is 2.33. The standard InChI is InChI=1S/C24H31N3O6/c1-24(2,3)33-23(31)25-19-11-10-16(13-18(19)22(29)30)27(6)17-9-8-15(20(14-17)32-7)12-21(28)26(4)5/h8-11,13-14H,12H2,1-7H3,(H,25,31)(H,29,30). The van der Waals surface area contributed by atoms with Crippen molar-refractivity contribution in [3.8, 4) is 5.75 Å². The van der Waals surface area contributed by atoms with E-state index in [1.807, 2.05) is 12.1 Å². The lowest BCUT2D eigenvalue weighted by Gasteiger charge is -2.23. The summed E-state index contributed by atoms with van der Waals surface area (Å²) >= 11 is 0. The molecular formula is C24H31N3O6. The molecule has 0 aliphatic heterocycles. The summed E-state index contributed by atoms with van der Waals surface area (Å²) in [7, 11) is 6.69. The number of hydrogen-bond donors (Lipinski definition) is 2. The molecule has 0 bridgehead atoms. The molecule has 2 N–H and O–H groups in total. The maximum Gasteiger partial charge on any atom is 0.412 e. The van der Waals surface area contributed by atoms with Crippen molar-refractivity contribution in [1.82, 2.24) is 4.90 Å². The van der Waals surface area contributed by atoms with Gasteiger partial charge in [0.2, 0.25) is 5.91 Å². The van der Waals surface area contributed by atoms with E-state index < -0.39 is 17.7 Å². The van der Waals surface area contributed by atoms with E-state index in [9.17, 15) is 19.5 Å². The highest BCUT2D eigenvalue weighted by Crippen LogP contribution is 2.32. The van der Waals surface area contributed by atoms with Crippen molar-refractivity contribution in [2.45, 2.75) is 32.8 Å². The second-order valence-electron chi connectivity index (χ2n) is 8.68. The van der Waals surface area contributed by atoms with Crippen LogP contribution in [0.15, 0.2) is 36.4 Å². The van der Waals surface area contributed by atoms with Gasteiger partial charge < -0.3 is 24.4 Å². The van der Waals surface area contributed by atoms with Crippen LogP contribution in [0.5, 0.6) is 5.75 Å². The lowest BCUT2D eigenvalue weighted by molar-refractivity contribution is -0.128. The van der Waals surface area contributed by atoms with Crippen molar-refractivity contribution < 1.29 is 29.0 Å². The van der Waals surface area contributed by atoms with Gasteiger partial charge in [-0.05, 0) is 45.0 Å². The van der Waals surface area contributed by atoms with Crippen molar-refractivity contribution >= 4 is 35.0 Å². The van der Waals surface area contributed by atoms with Crippen molar-refractivity contribution in [2.24, 2.45) is 0 Å². The quantitative estimate of drug-likeness (QED) is 0.643. The van der Waals surface area contributed by atoms with E-state index in [0.717, 1.165) is 11.3 Å². The third kappa shape index (κ3) is 6.86. The topological polar surface area (TPSA) is 108 Å². The Hall–Kier alpha value is -3.75. The molecule has 178 valence electrons. The fourth-order valence-electron chi connectivity index (χ4n) is 3.00. The Kier molecular flexibility index (Phi) is 7.92. The number of nitrogens with zero attached hydrogens (tertiary/aromatic N) is 2. The van der Waals surface area contributed by atoms with Crippen LogP contribution < -0.4 is 15.0 Å². The van der Waals surface area contributed by atoms with E-state index in [-0.39, 0.29) is 23.6 Å². The van der Waals surface area contributed by atoms with Crippen LogP contribution in [-0.4, -0.2) is 61.8 Å². The van der Waals surface area contributed by atoms with Crippen molar-refractivity contribution in [3.63, 3.8) is 0 Å². The molecule has 0 aromatic heterocycles. The number of likely N-dealkylation sites (N-methyl/N-ethyl adjacent to an activating group) is 1. The van der Waals surface area contributed by atoms with Crippen LogP contribution >= 0.6 is 0 Å². The number of ether oxygens (including phenoxy) is 2. The molecule has 0 atom stereocenters. The first-order valence-electron chi connectivity index (χ1n) is 10.3. The molecule has 0 radical (unpaired) electrons. The molecule has 2 amide bonds. The van der Waals surface area contributed by atoms with Gasteiger partial charge in [0.1, 0.15) is 11.4 Å². The molecule has 9 heteroatoms. The maximum absolute atomic E-state index is 12.1. The average Bonchev–Trinajstić information content (AvgIpc) is 2.72. The molecule has 0 heterocycles. The largest absolute Gasteiger partial charge is 0.496 e. The van der Waals surface area contributed by atoms with Gasteiger partial charge in [0.15, 0.2) is 0 Å². The molecule has 2 rings (SSSR count). The number of carbonyl (C=O) groups excluding carboxylic acids is 2. The number of carboxylic acids is 1. The average molecular weight is 458 g/mol. The first kappa shape index (κ1) is 25.5. The summed E-state index contributed by atoms with van der Waals surface area (Å²) in [6, 6.07) is 10.1. The number of aromatic carboxylic acids is 1. The normalized spacial score (nSPS) is 10.9. The minimum absolute atomic E-state index is 0.0476. The van der Waals surface area contributed by atoms with Crippen LogP contribution in [0.3, 0.4) is 0 Å². The smallest absolute Gasteiger partial charge is 0.412 e. The summed E-state index contributed by atoms with van der Waals surface area (Å²) in [6.45, 7) is 5.16. The predicted octanol–water partition coefficient (Wildman–Crippen LogP) is 4.14. The first-order chi connectivity index (χ1) is 15.3. The fraction of sp³-hybridized carbons (Fsp3) is 0.375.